The third-order valence-electron chi connectivity index (χ3n) is 2.85. The summed E-state index contributed by atoms with van der Waals surface area (Å²) in [6, 6.07) is 6.05. The molecule has 0 aliphatic heterocycles. The van der Waals surface area contributed by atoms with Crippen LogP contribution in [0.2, 0.25) is 0 Å². The maximum atomic E-state index is 13.6. The van der Waals surface area contributed by atoms with Gasteiger partial charge in [-0.05, 0) is 38.1 Å². The number of aryl methyl sites for hydroxylation is 2. The summed E-state index contributed by atoms with van der Waals surface area (Å²) in [6.07, 6.45) is 0. The second-order valence-corrected chi connectivity index (χ2v) is 6.91. The molecule has 0 bridgehead atoms. The van der Waals surface area contributed by atoms with Gasteiger partial charge in [0.1, 0.15) is 5.82 Å². The van der Waals surface area contributed by atoms with Crippen molar-refractivity contribution in [2.45, 2.75) is 19.0 Å². The second kappa shape index (κ2) is 8.91. The van der Waals surface area contributed by atoms with E-state index in [4.69, 9.17) is 4.74 Å². The number of aromatic nitrogens is 2. The Balaban J connectivity index is 1.78. The molecule has 1 heterocycles. The van der Waals surface area contributed by atoms with E-state index in [0.717, 1.165) is 23.1 Å². The number of anilines is 1. The molecule has 2 rings (SSSR count). The van der Waals surface area contributed by atoms with Crippen molar-refractivity contribution in [2.75, 3.05) is 17.7 Å². The SMILES string of the molecule is Cc1cc(C)nc(SCC(=O)OCC(=O)Nc2ccc(Br)cc2F)n1. The summed E-state index contributed by atoms with van der Waals surface area (Å²) in [4.78, 5) is 31.8. The molecule has 6 nitrogen and oxygen atoms in total. The highest BCUT2D eigenvalue weighted by Gasteiger charge is 2.12. The topological polar surface area (TPSA) is 81.2 Å². The lowest BCUT2D eigenvalue weighted by molar-refractivity contribution is -0.144. The van der Waals surface area contributed by atoms with E-state index in [1.54, 1.807) is 6.07 Å². The quantitative estimate of drug-likeness (QED) is 0.432. The van der Waals surface area contributed by atoms with Crippen LogP contribution in [0.5, 0.6) is 0 Å². The van der Waals surface area contributed by atoms with Crippen LogP contribution in [0.15, 0.2) is 33.9 Å². The lowest BCUT2D eigenvalue weighted by Crippen LogP contribution is -2.22. The van der Waals surface area contributed by atoms with Crippen molar-refractivity contribution < 1.29 is 18.7 Å². The molecule has 0 saturated heterocycles. The number of carbonyl (C=O) groups excluding carboxylic acids is 2. The third kappa shape index (κ3) is 6.43. The summed E-state index contributed by atoms with van der Waals surface area (Å²) < 4.78 is 19.0. The number of benzene rings is 1. The number of carbonyl (C=O) groups is 2. The minimum Gasteiger partial charge on any atom is -0.455 e. The van der Waals surface area contributed by atoms with Crippen molar-refractivity contribution in [3.05, 3.63) is 45.9 Å². The highest BCUT2D eigenvalue weighted by Crippen LogP contribution is 2.19. The van der Waals surface area contributed by atoms with Gasteiger partial charge in [-0.2, -0.15) is 0 Å². The van der Waals surface area contributed by atoms with E-state index in [0.29, 0.717) is 9.63 Å². The number of thioether (sulfide) groups is 1. The molecule has 0 spiro atoms. The minimum atomic E-state index is -0.623. The van der Waals surface area contributed by atoms with Crippen LogP contribution in [0.1, 0.15) is 11.4 Å². The Labute approximate surface area is 156 Å². The fourth-order valence-electron chi connectivity index (χ4n) is 1.85. The highest BCUT2D eigenvalue weighted by molar-refractivity contribution is 9.10. The Morgan fingerprint density at radius 2 is 1.92 bits per heavy atom. The zero-order valence-electron chi connectivity index (χ0n) is 13.5. The van der Waals surface area contributed by atoms with Gasteiger partial charge in [0.05, 0.1) is 11.4 Å². The molecule has 1 aromatic heterocycles. The van der Waals surface area contributed by atoms with Crippen molar-refractivity contribution in [2.24, 2.45) is 0 Å². The maximum absolute atomic E-state index is 13.6. The van der Waals surface area contributed by atoms with Crippen LogP contribution < -0.4 is 5.32 Å². The predicted molar refractivity (Wildman–Crippen MR) is 95.9 cm³/mol. The van der Waals surface area contributed by atoms with Gasteiger partial charge in [0.2, 0.25) is 0 Å². The average molecular weight is 428 g/mol. The van der Waals surface area contributed by atoms with Crippen molar-refractivity contribution in [1.29, 1.82) is 0 Å². The lowest BCUT2D eigenvalue weighted by Gasteiger charge is -2.08. The van der Waals surface area contributed by atoms with E-state index >= 15 is 0 Å². The number of nitrogens with one attached hydrogen (secondary N) is 1. The molecule has 0 aliphatic rings. The predicted octanol–water partition coefficient (Wildman–Crippen LogP) is 3.27. The zero-order chi connectivity index (χ0) is 18.4. The second-order valence-electron chi connectivity index (χ2n) is 5.05. The molecular formula is C16H15BrFN3O3S. The number of nitrogens with zero attached hydrogens (tertiary/aromatic N) is 2. The monoisotopic (exact) mass is 427 g/mol. The first-order chi connectivity index (χ1) is 11.8. The first-order valence-electron chi connectivity index (χ1n) is 7.19. The van der Waals surface area contributed by atoms with E-state index < -0.39 is 24.3 Å². The average Bonchev–Trinajstić information content (AvgIpc) is 2.53. The van der Waals surface area contributed by atoms with Crippen molar-refractivity contribution in [1.82, 2.24) is 9.97 Å². The number of ether oxygens (including phenoxy) is 1. The van der Waals surface area contributed by atoms with Gasteiger partial charge in [0.25, 0.3) is 5.91 Å². The molecule has 0 fully saturated rings. The molecule has 1 N–H and O–H groups in total. The molecule has 0 atom stereocenters. The fraction of sp³-hybridized carbons (Fsp3) is 0.250. The maximum Gasteiger partial charge on any atom is 0.316 e. The van der Waals surface area contributed by atoms with Crippen LogP contribution in [0, 0.1) is 19.7 Å². The number of esters is 1. The van der Waals surface area contributed by atoms with Gasteiger partial charge in [0.15, 0.2) is 11.8 Å². The van der Waals surface area contributed by atoms with Crippen LogP contribution in [0.25, 0.3) is 0 Å². The van der Waals surface area contributed by atoms with Crippen molar-refractivity contribution in [3.63, 3.8) is 0 Å². The molecule has 9 heteroatoms. The number of amides is 1. The Kier molecular flexibility index (Phi) is 6.89. The molecule has 1 aromatic carbocycles. The molecule has 0 aliphatic carbocycles. The van der Waals surface area contributed by atoms with Gasteiger partial charge in [-0.15, -0.1) is 0 Å². The first-order valence-corrected chi connectivity index (χ1v) is 8.97. The van der Waals surface area contributed by atoms with Crippen LogP contribution in [0.3, 0.4) is 0 Å². The molecule has 0 saturated carbocycles. The molecule has 132 valence electrons. The Hall–Kier alpha value is -2.00. The Morgan fingerprint density at radius 1 is 1.24 bits per heavy atom. The number of halogens is 2. The van der Waals surface area contributed by atoms with E-state index in [-0.39, 0.29) is 11.4 Å². The van der Waals surface area contributed by atoms with E-state index in [9.17, 15) is 14.0 Å². The molecular weight excluding hydrogens is 413 g/mol. The molecule has 0 unspecified atom stereocenters. The van der Waals surface area contributed by atoms with Gasteiger partial charge >= 0.3 is 5.97 Å². The summed E-state index contributed by atoms with van der Waals surface area (Å²) in [5.41, 5.74) is 1.63. The van der Waals surface area contributed by atoms with Crippen molar-refractivity contribution >= 4 is 45.3 Å². The lowest BCUT2D eigenvalue weighted by atomic mass is 10.3. The third-order valence-corrected chi connectivity index (χ3v) is 4.16. The fourth-order valence-corrected chi connectivity index (χ4v) is 2.93. The molecule has 0 radical (unpaired) electrons. The molecule has 1 amide bonds. The van der Waals surface area contributed by atoms with Crippen molar-refractivity contribution in [3.8, 4) is 0 Å². The summed E-state index contributed by atoms with van der Waals surface area (Å²) in [5.74, 6) is -1.82. The number of hydrogen-bond donors (Lipinski definition) is 1. The Morgan fingerprint density at radius 3 is 2.56 bits per heavy atom. The van der Waals surface area contributed by atoms with Gasteiger partial charge in [-0.25, -0.2) is 14.4 Å². The minimum absolute atomic E-state index is 0.0160. The molecule has 25 heavy (non-hydrogen) atoms. The van der Waals surface area contributed by atoms with Crippen LogP contribution in [-0.2, 0) is 14.3 Å². The van der Waals surface area contributed by atoms with Gasteiger partial charge in [-0.3, -0.25) is 9.59 Å². The summed E-state index contributed by atoms with van der Waals surface area (Å²) in [6.45, 7) is 3.17. The summed E-state index contributed by atoms with van der Waals surface area (Å²) in [7, 11) is 0. The molecule has 2 aromatic rings. The summed E-state index contributed by atoms with van der Waals surface area (Å²) in [5, 5.41) is 2.81. The van der Waals surface area contributed by atoms with Gasteiger partial charge < -0.3 is 10.1 Å². The standard InChI is InChI=1S/C16H15BrFN3O3S/c1-9-5-10(2)20-16(19-9)25-8-15(23)24-7-14(22)21-13-4-3-11(17)6-12(13)18/h3-6H,7-8H2,1-2H3,(H,21,22). The highest BCUT2D eigenvalue weighted by atomic mass is 79.9. The smallest absolute Gasteiger partial charge is 0.316 e. The van der Waals surface area contributed by atoms with Gasteiger partial charge in [-0.1, -0.05) is 27.7 Å². The number of rotatable bonds is 6. The van der Waals surface area contributed by atoms with Crippen LogP contribution in [-0.4, -0.2) is 34.2 Å². The van der Waals surface area contributed by atoms with E-state index in [1.807, 2.05) is 19.9 Å². The largest absolute Gasteiger partial charge is 0.455 e. The van der Waals surface area contributed by atoms with E-state index in [2.05, 4.69) is 31.2 Å². The zero-order valence-corrected chi connectivity index (χ0v) is 15.9. The Bertz CT molecular complexity index is 784. The first kappa shape index (κ1) is 19.3. The van der Waals surface area contributed by atoms with Crippen LogP contribution in [0.4, 0.5) is 10.1 Å². The van der Waals surface area contributed by atoms with E-state index in [1.165, 1.54) is 12.1 Å². The normalized spacial score (nSPS) is 10.4. The van der Waals surface area contributed by atoms with Gasteiger partial charge in [0, 0.05) is 15.9 Å². The number of hydrogen-bond acceptors (Lipinski definition) is 6. The van der Waals surface area contributed by atoms with Crippen LogP contribution >= 0.6 is 27.7 Å². The summed E-state index contributed by atoms with van der Waals surface area (Å²) >= 11 is 4.25.